The Labute approximate surface area is 112 Å². The van der Waals surface area contributed by atoms with E-state index in [4.69, 9.17) is 0 Å². The van der Waals surface area contributed by atoms with Crippen molar-refractivity contribution in [3.05, 3.63) is 25.3 Å². The molecule has 0 aliphatic heterocycles. The maximum atomic E-state index is 13.0. The Hall–Kier alpha value is -1.18. The zero-order chi connectivity index (χ0) is 13.2. The number of carbonyl (C=O) groups is 2. The largest absolute Gasteiger partial charge is 0.299 e. The van der Waals surface area contributed by atoms with Crippen LogP contribution in [0.2, 0.25) is 0 Å². The van der Waals surface area contributed by atoms with Gasteiger partial charge in [-0.1, -0.05) is 12.2 Å². The first kappa shape index (κ1) is 10.6. The lowest BCUT2D eigenvalue weighted by Crippen LogP contribution is -2.67. The van der Waals surface area contributed by atoms with Crippen molar-refractivity contribution in [1.82, 2.24) is 0 Å². The lowest BCUT2D eigenvalue weighted by molar-refractivity contribution is -0.189. The second-order valence-corrected chi connectivity index (χ2v) is 7.32. The molecule has 8 atom stereocenters. The molecule has 0 heterocycles. The maximum Gasteiger partial charge on any atom is 0.144 e. The first-order valence-electron chi connectivity index (χ1n) is 7.47. The summed E-state index contributed by atoms with van der Waals surface area (Å²) in [5.74, 6) is 3.05. The molecule has 2 heteroatoms. The summed E-state index contributed by atoms with van der Waals surface area (Å²) in [7, 11) is 0. The molecule has 4 unspecified atom stereocenters. The molecule has 5 fully saturated rings. The second-order valence-electron chi connectivity index (χ2n) is 7.32. The summed E-state index contributed by atoms with van der Waals surface area (Å²) in [5, 5.41) is 0. The van der Waals surface area contributed by atoms with Gasteiger partial charge in [-0.3, -0.25) is 9.59 Å². The number of hydrogen-bond donors (Lipinski definition) is 0. The monoisotopic (exact) mass is 254 g/mol. The van der Waals surface area contributed by atoms with E-state index in [0.29, 0.717) is 48.1 Å². The summed E-state index contributed by atoms with van der Waals surface area (Å²) >= 11 is 0. The van der Waals surface area contributed by atoms with Crippen molar-refractivity contribution in [1.29, 1.82) is 0 Å². The zero-order valence-electron chi connectivity index (χ0n) is 11.0. The predicted octanol–water partition coefficient (Wildman–Crippen LogP) is 2.40. The summed E-state index contributed by atoms with van der Waals surface area (Å²) in [6, 6.07) is 0. The Morgan fingerprint density at radius 1 is 0.947 bits per heavy atom. The van der Waals surface area contributed by atoms with Crippen molar-refractivity contribution in [2.75, 3.05) is 0 Å². The molecule has 0 spiro atoms. The van der Waals surface area contributed by atoms with E-state index in [1.165, 1.54) is 0 Å². The highest BCUT2D eigenvalue weighted by Gasteiger charge is 2.94. The first-order chi connectivity index (χ1) is 9.16. The van der Waals surface area contributed by atoms with E-state index in [1.807, 2.05) is 12.2 Å². The van der Waals surface area contributed by atoms with Gasteiger partial charge >= 0.3 is 0 Å². The summed E-state index contributed by atoms with van der Waals surface area (Å²) in [5.41, 5.74) is -0.746. The van der Waals surface area contributed by atoms with Crippen LogP contribution in [0.3, 0.4) is 0 Å². The predicted molar refractivity (Wildman–Crippen MR) is 70.1 cm³/mol. The third kappa shape index (κ3) is 0.643. The fourth-order valence-corrected chi connectivity index (χ4v) is 7.63. The van der Waals surface area contributed by atoms with Crippen molar-refractivity contribution < 1.29 is 9.59 Å². The number of ketones is 2. The van der Waals surface area contributed by atoms with Crippen LogP contribution in [0.1, 0.15) is 19.3 Å². The molecular weight excluding hydrogens is 236 g/mol. The minimum absolute atomic E-state index is 0.0825. The molecule has 0 aromatic rings. The van der Waals surface area contributed by atoms with E-state index < -0.39 is 0 Å². The van der Waals surface area contributed by atoms with Crippen molar-refractivity contribution in [3.63, 3.8) is 0 Å². The normalized spacial score (nSPS) is 61.9. The Balaban J connectivity index is 1.82. The highest BCUT2D eigenvalue weighted by Crippen LogP contribution is 2.91. The minimum Gasteiger partial charge on any atom is -0.299 e. The molecule has 0 aromatic carbocycles. The van der Waals surface area contributed by atoms with Gasteiger partial charge in [0.1, 0.15) is 11.6 Å². The third-order valence-electron chi connectivity index (χ3n) is 7.51. The van der Waals surface area contributed by atoms with Crippen molar-refractivity contribution in [2.24, 2.45) is 46.3 Å². The van der Waals surface area contributed by atoms with Crippen LogP contribution in [0.5, 0.6) is 0 Å². The maximum absolute atomic E-state index is 13.0. The van der Waals surface area contributed by atoms with Crippen LogP contribution in [0.25, 0.3) is 0 Å². The number of hydrogen-bond acceptors (Lipinski definition) is 2. The molecule has 19 heavy (non-hydrogen) atoms. The third-order valence-corrected chi connectivity index (χ3v) is 7.51. The van der Waals surface area contributed by atoms with Gasteiger partial charge in [-0.05, 0) is 42.9 Å². The van der Waals surface area contributed by atoms with E-state index in [1.54, 1.807) is 0 Å². The molecule has 0 amide bonds. The Morgan fingerprint density at radius 2 is 1.37 bits per heavy atom. The number of fused-ring (bicyclic) bond motifs is 2. The molecule has 5 rings (SSSR count). The zero-order valence-corrected chi connectivity index (χ0v) is 11.0. The molecule has 2 nitrogen and oxygen atoms in total. The summed E-state index contributed by atoms with van der Waals surface area (Å²) in [6.07, 6.45) is 6.30. The van der Waals surface area contributed by atoms with Crippen LogP contribution in [0.15, 0.2) is 25.3 Å². The van der Waals surface area contributed by atoms with Gasteiger partial charge in [0.25, 0.3) is 0 Å². The first-order valence-corrected chi connectivity index (χ1v) is 7.47. The molecule has 0 saturated heterocycles. The topological polar surface area (TPSA) is 34.1 Å². The van der Waals surface area contributed by atoms with Gasteiger partial charge in [0.2, 0.25) is 0 Å². The molecule has 2 bridgehead atoms. The SMILES string of the molecule is C=CC[C@]12C(=O)[C@H]3C4CC5C(C41)[C@@]2(CC=C)C(=O)[C@H]53. The van der Waals surface area contributed by atoms with Gasteiger partial charge in [-0.25, -0.2) is 0 Å². The van der Waals surface area contributed by atoms with E-state index in [2.05, 4.69) is 13.2 Å². The van der Waals surface area contributed by atoms with Crippen molar-refractivity contribution in [2.45, 2.75) is 19.3 Å². The van der Waals surface area contributed by atoms with Gasteiger partial charge in [0.15, 0.2) is 0 Å². The highest BCUT2D eigenvalue weighted by atomic mass is 16.2. The summed E-state index contributed by atoms with van der Waals surface area (Å²) in [6.45, 7) is 7.72. The van der Waals surface area contributed by atoms with Crippen LogP contribution >= 0.6 is 0 Å². The Kier molecular flexibility index (Phi) is 1.48. The van der Waals surface area contributed by atoms with Crippen LogP contribution < -0.4 is 0 Å². The number of Topliss-reactive ketones (excluding diaryl/α,β-unsaturated/α-hetero) is 2. The van der Waals surface area contributed by atoms with Gasteiger partial charge in [-0.15, -0.1) is 13.2 Å². The van der Waals surface area contributed by atoms with E-state index in [9.17, 15) is 9.59 Å². The molecule has 0 N–H and O–H groups in total. The fourth-order valence-electron chi connectivity index (χ4n) is 7.63. The van der Waals surface area contributed by atoms with Crippen LogP contribution in [0.4, 0.5) is 0 Å². The van der Waals surface area contributed by atoms with Gasteiger partial charge < -0.3 is 0 Å². The molecule has 98 valence electrons. The van der Waals surface area contributed by atoms with Crippen LogP contribution in [0, 0.1) is 46.3 Å². The molecule has 0 aromatic heterocycles. The summed E-state index contributed by atoms with van der Waals surface area (Å²) < 4.78 is 0. The van der Waals surface area contributed by atoms with E-state index >= 15 is 0 Å². The van der Waals surface area contributed by atoms with Crippen molar-refractivity contribution in [3.8, 4) is 0 Å². The van der Waals surface area contributed by atoms with Gasteiger partial charge in [0.05, 0.1) is 0 Å². The molecule has 5 aliphatic carbocycles. The molecule has 0 radical (unpaired) electrons. The average molecular weight is 254 g/mol. The average Bonchev–Trinajstić information content (AvgIpc) is 2.95. The highest BCUT2D eigenvalue weighted by molar-refractivity contribution is 6.11. The van der Waals surface area contributed by atoms with Gasteiger partial charge in [0, 0.05) is 22.7 Å². The van der Waals surface area contributed by atoms with Crippen LogP contribution in [-0.2, 0) is 9.59 Å². The smallest absolute Gasteiger partial charge is 0.144 e. The minimum atomic E-state index is -0.373. The lowest BCUT2D eigenvalue weighted by Gasteiger charge is -2.63. The number of allylic oxidation sites excluding steroid dienone is 2. The lowest BCUT2D eigenvalue weighted by atomic mass is 9.37. The Morgan fingerprint density at radius 3 is 1.74 bits per heavy atom. The Bertz CT molecular complexity index is 526. The standard InChI is InChI=1S/C17H18O2/c1-3-5-16-12-8-7-9-11(10(8)14(16)18)15(19)17(16,6-4-2)13(9)12/h3-4,8-13H,1-2,5-7H2/t8?,9?,10-,11+,12?,13?,16+,17-. The molecule has 5 aliphatic rings. The van der Waals surface area contributed by atoms with Gasteiger partial charge in [-0.2, -0.15) is 0 Å². The second kappa shape index (κ2) is 2.65. The van der Waals surface area contributed by atoms with E-state index in [-0.39, 0.29) is 22.7 Å². The van der Waals surface area contributed by atoms with E-state index in [0.717, 1.165) is 6.42 Å². The fraction of sp³-hybridized carbons (Fsp3) is 0.647. The molecule has 5 saturated carbocycles. The molecular formula is C17H18O2. The van der Waals surface area contributed by atoms with Crippen LogP contribution in [-0.4, -0.2) is 11.6 Å². The van der Waals surface area contributed by atoms with Crippen molar-refractivity contribution >= 4 is 11.6 Å². The number of rotatable bonds is 4. The quantitative estimate of drug-likeness (QED) is 0.722. The number of carbonyl (C=O) groups excluding carboxylic acids is 2. The summed E-state index contributed by atoms with van der Waals surface area (Å²) in [4.78, 5) is 26.0.